The molecule has 0 fully saturated rings. The van der Waals surface area contributed by atoms with Gasteiger partial charge in [0.15, 0.2) is 0 Å². The molecule has 0 atom stereocenters. The summed E-state index contributed by atoms with van der Waals surface area (Å²) < 4.78 is 0. The minimum atomic E-state index is 0.219. The maximum absolute atomic E-state index is 8.80. The quantitative estimate of drug-likeness (QED) is 0.801. The Bertz CT molecular complexity index is 298. The number of aliphatic hydroxyl groups is 1. The van der Waals surface area contributed by atoms with Crippen molar-refractivity contribution in [1.82, 2.24) is 0 Å². The molecule has 0 aliphatic rings. The van der Waals surface area contributed by atoms with E-state index in [1.54, 1.807) is 0 Å². The molecule has 0 heterocycles. The third-order valence-corrected chi connectivity index (χ3v) is 2.56. The van der Waals surface area contributed by atoms with Crippen molar-refractivity contribution in [2.75, 3.05) is 18.5 Å². The van der Waals surface area contributed by atoms with Crippen LogP contribution in [0.5, 0.6) is 0 Å². The van der Waals surface area contributed by atoms with E-state index >= 15 is 0 Å². The van der Waals surface area contributed by atoms with Crippen molar-refractivity contribution in [3.05, 3.63) is 29.8 Å². The number of benzene rings is 1. The standard InChI is InChI=1S/C14H23NO/c1-14(2,3)9-10-15-13-6-4-12(5-7-13)8-11-16/h4-7,15-16H,8-11H2,1-3H3. The highest BCUT2D eigenvalue weighted by Gasteiger charge is 2.08. The predicted molar refractivity (Wildman–Crippen MR) is 69.8 cm³/mol. The van der Waals surface area contributed by atoms with E-state index in [-0.39, 0.29) is 6.61 Å². The van der Waals surface area contributed by atoms with E-state index in [9.17, 15) is 0 Å². The topological polar surface area (TPSA) is 32.3 Å². The Labute approximate surface area is 98.7 Å². The minimum absolute atomic E-state index is 0.219. The molecule has 1 rings (SSSR count). The molecule has 0 spiro atoms. The molecule has 0 aromatic heterocycles. The van der Waals surface area contributed by atoms with Crippen molar-refractivity contribution in [3.8, 4) is 0 Å². The van der Waals surface area contributed by atoms with Gasteiger partial charge in [-0.25, -0.2) is 0 Å². The molecule has 0 saturated carbocycles. The summed E-state index contributed by atoms with van der Waals surface area (Å²) >= 11 is 0. The summed E-state index contributed by atoms with van der Waals surface area (Å²) in [6.45, 7) is 7.97. The van der Waals surface area contributed by atoms with Crippen LogP contribution in [-0.2, 0) is 6.42 Å². The van der Waals surface area contributed by atoms with E-state index in [0.717, 1.165) is 25.1 Å². The number of hydrogen-bond acceptors (Lipinski definition) is 2. The molecule has 90 valence electrons. The summed E-state index contributed by atoms with van der Waals surface area (Å²) in [6.07, 6.45) is 1.90. The van der Waals surface area contributed by atoms with Crippen LogP contribution in [0.4, 0.5) is 5.69 Å². The van der Waals surface area contributed by atoms with Gasteiger partial charge in [-0.05, 0) is 36.0 Å². The number of anilines is 1. The zero-order valence-electron chi connectivity index (χ0n) is 10.6. The molecule has 2 heteroatoms. The lowest BCUT2D eigenvalue weighted by atomic mass is 9.92. The second-order valence-electron chi connectivity index (χ2n) is 5.41. The molecule has 0 saturated heterocycles. The second-order valence-corrected chi connectivity index (χ2v) is 5.41. The van der Waals surface area contributed by atoms with Crippen LogP contribution in [0.15, 0.2) is 24.3 Å². The van der Waals surface area contributed by atoms with Gasteiger partial charge in [0.25, 0.3) is 0 Å². The fraction of sp³-hybridized carbons (Fsp3) is 0.571. The molecular formula is C14H23NO. The van der Waals surface area contributed by atoms with Gasteiger partial charge in [-0.3, -0.25) is 0 Å². The fourth-order valence-corrected chi connectivity index (χ4v) is 1.50. The van der Waals surface area contributed by atoms with E-state index in [0.29, 0.717) is 5.41 Å². The SMILES string of the molecule is CC(C)(C)CCNc1ccc(CCO)cc1. The molecule has 0 amide bonds. The number of rotatable bonds is 5. The van der Waals surface area contributed by atoms with E-state index in [4.69, 9.17) is 5.11 Å². The maximum Gasteiger partial charge on any atom is 0.0471 e. The van der Waals surface area contributed by atoms with Crippen LogP contribution in [0.3, 0.4) is 0 Å². The smallest absolute Gasteiger partial charge is 0.0471 e. The lowest BCUT2D eigenvalue weighted by molar-refractivity contribution is 0.299. The molecule has 2 nitrogen and oxygen atoms in total. The molecule has 1 aromatic rings. The van der Waals surface area contributed by atoms with Crippen molar-refractivity contribution in [2.24, 2.45) is 5.41 Å². The number of aliphatic hydroxyl groups excluding tert-OH is 1. The van der Waals surface area contributed by atoms with Crippen molar-refractivity contribution < 1.29 is 5.11 Å². The highest BCUT2D eigenvalue weighted by molar-refractivity contribution is 5.44. The summed E-state index contributed by atoms with van der Waals surface area (Å²) in [7, 11) is 0. The normalized spacial score (nSPS) is 11.5. The van der Waals surface area contributed by atoms with Crippen LogP contribution in [0.25, 0.3) is 0 Å². The van der Waals surface area contributed by atoms with Crippen molar-refractivity contribution in [3.63, 3.8) is 0 Å². The monoisotopic (exact) mass is 221 g/mol. The lowest BCUT2D eigenvalue weighted by Gasteiger charge is -2.18. The van der Waals surface area contributed by atoms with Crippen LogP contribution in [0.2, 0.25) is 0 Å². The Morgan fingerprint density at radius 1 is 1.12 bits per heavy atom. The molecule has 0 aliphatic heterocycles. The summed E-state index contributed by atoms with van der Waals surface area (Å²) in [6, 6.07) is 8.28. The van der Waals surface area contributed by atoms with Crippen molar-refractivity contribution in [2.45, 2.75) is 33.6 Å². The molecule has 2 N–H and O–H groups in total. The van der Waals surface area contributed by atoms with Gasteiger partial charge in [-0.1, -0.05) is 32.9 Å². The van der Waals surface area contributed by atoms with Gasteiger partial charge >= 0.3 is 0 Å². The largest absolute Gasteiger partial charge is 0.396 e. The van der Waals surface area contributed by atoms with E-state index in [2.05, 4.69) is 50.4 Å². The third-order valence-electron chi connectivity index (χ3n) is 2.56. The van der Waals surface area contributed by atoms with E-state index < -0.39 is 0 Å². The van der Waals surface area contributed by atoms with E-state index in [1.807, 2.05) is 0 Å². The molecule has 0 unspecified atom stereocenters. The third kappa shape index (κ3) is 5.17. The molecule has 0 aliphatic carbocycles. The average molecular weight is 221 g/mol. The zero-order chi connectivity index (χ0) is 12.0. The summed E-state index contributed by atoms with van der Waals surface area (Å²) in [5.41, 5.74) is 2.72. The first-order chi connectivity index (χ1) is 7.51. The first kappa shape index (κ1) is 13.0. The summed E-state index contributed by atoms with van der Waals surface area (Å²) in [5.74, 6) is 0. The molecular weight excluding hydrogens is 198 g/mol. The Balaban J connectivity index is 2.37. The van der Waals surface area contributed by atoms with Gasteiger partial charge in [0.1, 0.15) is 0 Å². The van der Waals surface area contributed by atoms with Crippen LogP contribution in [0.1, 0.15) is 32.8 Å². The lowest BCUT2D eigenvalue weighted by Crippen LogP contribution is -2.12. The van der Waals surface area contributed by atoms with Crippen molar-refractivity contribution >= 4 is 5.69 Å². The van der Waals surface area contributed by atoms with Gasteiger partial charge in [0.2, 0.25) is 0 Å². The zero-order valence-corrected chi connectivity index (χ0v) is 10.6. The van der Waals surface area contributed by atoms with Crippen LogP contribution in [0, 0.1) is 5.41 Å². The first-order valence-corrected chi connectivity index (χ1v) is 5.95. The Hall–Kier alpha value is -1.02. The maximum atomic E-state index is 8.80. The van der Waals surface area contributed by atoms with Crippen LogP contribution >= 0.6 is 0 Å². The highest BCUT2D eigenvalue weighted by atomic mass is 16.2. The Morgan fingerprint density at radius 3 is 2.25 bits per heavy atom. The molecule has 0 radical (unpaired) electrons. The van der Waals surface area contributed by atoms with Crippen LogP contribution < -0.4 is 5.32 Å². The van der Waals surface area contributed by atoms with Gasteiger partial charge < -0.3 is 10.4 Å². The Morgan fingerprint density at radius 2 is 1.75 bits per heavy atom. The molecule has 16 heavy (non-hydrogen) atoms. The van der Waals surface area contributed by atoms with Gasteiger partial charge in [0.05, 0.1) is 0 Å². The van der Waals surface area contributed by atoms with Gasteiger partial charge in [-0.2, -0.15) is 0 Å². The highest BCUT2D eigenvalue weighted by Crippen LogP contribution is 2.18. The molecule has 0 bridgehead atoms. The van der Waals surface area contributed by atoms with Crippen molar-refractivity contribution in [1.29, 1.82) is 0 Å². The number of hydrogen-bond donors (Lipinski definition) is 2. The summed E-state index contributed by atoms with van der Waals surface area (Å²) in [5, 5.41) is 12.2. The molecule has 1 aromatic carbocycles. The van der Waals surface area contributed by atoms with E-state index in [1.165, 1.54) is 5.56 Å². The average Bonchev–Trinajstić information content (AvgIpc) is 2.19. The Kier molecular flexibility index (Phi) is 4.81. The second kappa shape index (κ2) is 5.90. The summed E-state index contributed by atoms with van der Waals surface area (Å²) in [4.78, 5) is 0. The first-order valence-electron chi connectivity index (χ1n) is 5.95. The fourth-order valence-electron chi connectivity index (χ4n) is 1.50. The van der Waals surface area contributed by atoms with Gasteiger partial charge in [0, 0.05) is 18.8 Å². The number of nitrogens with one attached hydrogen (secondary N) is 1. The van der Waals surface area contributed by atoms with Crippen LogP contribution in [-0.4, -0.2) is 18.3 Å². The minimum Gasteiger partial charge on any atom is -0.396 e. The predicted octanol–water partition coefficient (Wildman–Crippen LogP) is 3.07. The van der Waals surface area contributed by atoms with Gasteiger partial charge in [-0.15, -0.1) is 0 Å².